The van der Waals surface area contributed by atoms with Crippen LogP contribution < -0.4 is 0 Å². The molecule has 196 valence electrons. The number of carbonyl (C=O) groups is 2. The monoisotopic (exact) mass is 500 g/mol. The molecule has 6 nitrogen and oxygen atoms in total. The van der Waals surface area contributed by atoms with Crippen molar-refractivity contribution in [1.82, 2.24) is 19.7 Å². The number of hydrogen-bond donors (Lipinski definition) is 1. The SMILES string of the molecule is CCCCN(CCCC)CCCN1CC(=O)N2C(c3ccccc3)c3[nH]c4ccccc4c3C[C@@H]2C1=O. The highest BCUT2D eigenvalue weighted by Crippen LogP contribution is 2.42. The van der Waals surface area contributed by atoms with Crippen LogP contribution in [0.15, 0.2) is 54.6 Å². The second kappa shape index (κ2) is 11.5. The molecule has 5 rings (SSSR count). The van der Waals surface area contributed by atoms with E-state index in [1.807, 2.05) is 40.1 Å². The third-order valence-corrected chi connectivity index (χ3v) is 8.02. The predicted molar refractivity (Wildman–Crippen MR) is 148 cm³/mol. The molecule has 37 heavy (non-hydrogen) atoms. The van der Waals surface area contributed by atoms with E-state index in [0.29, 0.717) is 13.0 Å². The summed E-state index contributed by atoms with van der Waals surface area (Å²) in [5.74, 6) is 0.127. The van der Waals surface area contributed by atoms with E-state index in [0.717, 1.165) is 48.2 Å². The Morgan fingerprint density at radius 3 is 2.30 bits per heavy atom. The van der Waals surface area contributed by atoms with Gasteiger partial charge in [0, 0.05) is 29.6 Å². The Kier molecular flexibility index (Phi) is 7.94. The van der Waals surface area contributed by atoms with E-state index < -0.39 is 6.04 Å². The highest BCUT2D eigenvalue weighted by Gasteiger charge is 2.48. The molecule has 2 amide bonds. The number of amides is 2. The molecule has 2 aliphatic heterocycles. The zero-order valence-electron chi connectivity index (χ0n) is 22.3. The molecule has 3 heterocycles. The average molecular weight is 501 g/mol. The van der Waals surface area contributed by atoms with Crippen LogP contribution in [0, 0.1) is 0 Å². The molecule has 6 heteroatoms. The van der Waals surface area contributed by atoms with Gasteiger partial charge >= 0.3 is 0 Å². The van der Waals surface area contributed by atoms with Crippen molar-refractivity contribution in [2.45, 2.75) is 64.5 Å². The number of H-pyrrole nitrogens is 1. The van der Waals surface area contributed by atoms with Gasteiger partial charge in [0.2, 0.25) is 11.8 Å². The molecule has 0 radical (unpaired) electrons. The van der Waals surface area contributed by atoms with E-state index in [4.69, 9.17) is 0 Å². The Morgan fingerprint density at radius 1 is 0.892 bits per heavy atom. The number of nitrogens with one attached hydrogen (secondary N) is 1. The molecule has 0 spiro atoms. The van der Waals surface area contributed by atoms with Crippen molar-refractivity contribution in [2.24, 2.45) is 0 Å². The number of nitrogens with zero attached hydrogens (tertiary/aromatic N) is 3. The zero-order chi connectivity index (χ0) is 25.8. The largest absolute Gasteiger partial charge is 0.356 e. The Hall–Kier alpha value is -3.12. The van der Waals surface area contributed by atoms with Crippen molar-refractivity contribution in [3.63, 3.8) is 0 Å². The van der Waals surface area contributed by atoms with Crippen LogP contribution in [-0.2, 0) is 16.0 Å². The van der Waals surface area contributed by atoms with Gasteiger partial charge in [0.05, 0.1) is 12.6 Å². The van der Waals surface area contributed by atoms with E-state index in [9.17, 15) is 9.59 Å². The van der Waals surface area contributed by atoms with Gasteiger partial charge in [-0.3, -0.25) is 9.59 Å². The van der Waals surface area contributed by atoms with E-state index >= 15 is 0 Å². The molecular formula is C31H40N4O2. The maximum Gasteiger partial charge on any atom is 0.246 e. The molecule has 2 atom stereocenters. The summed E-state index contributed by atoms with van der Waals surface area (Å²) in [6, 6.07) is 17.7. The summed E-state index contributed by atoms with van der Waals surface area (Å²) in [5, 5.41) is 1.15. The van der Waals surface area contributed by atoms with Gasteiger partial charge in [0.15, 0.2) is 0 Å². The number of hydrogen-bond acceptors (Lipinski definition) is 3. The van der Waals surface area contributed by atoms with Gasteiger partial charge in [-0.25, -0.2) is 0 Å². The quantitative estimate of drug-likeness (QED) is 0.396. The zero-order valence-corrected chi connectivity index (χ0v) is 22.3. The number of aromatic amines is 1. The van der Waals surface area contributed by atoms with E-state index in [1.165, 1.54) is 31.2 Å². The molecule has 0 aliphatic carbocycles. The molecule has 0 saturated carbocycles. The van der Waals surface area contributed by atoms with Crippen LogP contribution in [0.4, 0.5) is 0 Å². The van der Waals surface area contributed by atoms with Gasteiger partial charge in [-0.05, 0) is 56.1 Å². The van der Waals surface area contributed by atoms with Crippen LogP contribution in [0.1, 0.15) is 68.8 Å². The molecule has 1 unspecified atom stereocenters. The van der Waals surface area contributed by atoms with Gasteiger partial charge in [-0.15, -0.1) is 0 Å². The third kappa shape index (κ3) is 5.17. The van der Waals surface area contributed by atoms with Crippen molar-refractivity contribution >= 4 is 22.7 Å². The van der Waals surface area contributed by atoms with Crippen molar-refractivity contribution < 1.29 is 9.59 Å². The number of carbonyl (C=O) groups excluding carboxylic acids is 2. The number of rotatable bonds is 11. The van der Waals surface area contributed by atoms with Crippen molar-refractivity contribution in [3.05, 3.63) is 71.4 Å². The number of fused-ring (bicyclic) bond motifs is 4. The lowest BCUT2D eigenvalue weighted by atomic mass is 9.86. The fourth-order valence-electron chi connectivity index (χ4n) is 6.08. The molecule has 3 aromatic rings. The minimum Gasteiger partial charge on any atom is -0.356 e. The Morgan fingerprint density at radius 2 is 1.57 bits per heavy atom. The topological polar surface area (TPSA) is 59.6 Å². The van der Waals surface area contributed by atoms with Crippen molar-refractivity contribution in [2.75, 3.05) is 32.7 Å². The van der Waals surface area contributed by atoms with E-state index in [2.05, 4.69) is 48.0 Å². The van der Waals surface area contributed by atoms with Crippen LogP contribution >= 0.6 is 0 Å². The number of unbranched alkanes of at least 4 members (excludes halogenated alkanes) is 2. The minimum absolute atomic E-state index is 0.0385. The lowest BCUT2D eigenvalue weighted by Crippen LogP contribution is -2.63. The number of piperazine rings is 1. The summed E-state index contributed by atoms with van der Waals surface area (Å²) in [4.78, 5) is 37.4. The lowest BCUT2D eigenvalue weighted by Gasteiger charge is -2.47. The summed E-state index contributed by atoms with van der Waals surface area (Å²) in [7, 11) is 0. The first kappa shape index (κ1) is 25.5. The summed E-state index contributed by atoms with van der Waals surface area (Å²) < 4.78 is 0. The molecule has 1 N–H and O–H groups in total. The van der Waals surface area contributed by atoms with Crippen LogP contribution in [0.25, 0.3) is 10.9 Å². The van der Waals surface area contributed by atoms with Gasteiger partial charge in [-0.2, -0.15) is 0 Å². The second-order valence-electron chi connectivity index (χ2n) is 10.6. The van der Waals surface area contributed by atoms with Crippen LogP contribution in [0.2, 0.25) is 0 Å². The minimum atomic E-state index is -0.463. The number of benzene rings is 2. The molecule has 0 bridgehead atoms. The normalized spacial score (nSPS) is 19.5. The molecular weight excluding hydrogens is 460 g/mol. The summed E-state index contributed by atoms with van der Waals surface area (Å²) >= 11 is 0. The van der Waals surface area contributed by atoms with Gasteiger partial charge in [0.1, 0.15) is 6.04 Å². The molecule has 2 aliphatic rings. The summed E-state index contributed by atoms with van der Waals surface area (Å²) in [6.07, 6.45) is 6.25. The molecule has 1 aromatic heterocycles. The molecule has 1 fully saturated rings. The fraction of sp³-hybridized carbons (Fsp3) is 0.484. The van der Waals surface area contributed by atoms with Crippen molar-refractivity contribution in [1.29, 1.82) is 0 Å². The highest BCUT2D eigenvalue weighted by atomic mass is 16.2. The lowest BCUT2D eigenvalue weighted by molar-refractivity contribution is -0.158. The Balaban J connectivity index is 1.38. The first-order valence-electron chi connectivity index (χ1n) is 14.1. The van der Waals surface area contributed by atoms with Crippen LogP contribution in [0.5, 0.6) is 0 Å². The smallest absolute Gasteiger partial charge is 0.246 e. The first-order chi connectivity index (χ1) is 18.1. The predicted octanol–water partition coefficient (Wildman–Crippen LogP) is 5.15. The maximum atomic E-state index is 13.9. The Labute approximate surface area is 220 Å². The molecule has 2 aromatic carbocycles. The standard InChI is InChI=1S/C31H40N4O2/c1-3-5-17-33(18-6-4-2)19-12-20-34-22-28(36)35-27(31(34)37)21-25-24-15-10-11-16-26(24)32-29(25)30(35)23-13-8-7-9-14-23/h7-11,13-16,27,30,32H,3-6,12,17-22H2,1-2H3/t27-,30?/m1/s1. The van der Waals surface area contributed by atoms with Gasteiger partial charge in [0.25, 0.3) is 0 Å². The summed E-state index contributed by atoms with van der Waals surface area (Å²) in [6.45, 7) is 8.47. The number of aromatic nitrogens is 1. The van der Waals surface area contributed by atoms with Crippen LogP contribution in [0.3, 0.4) is 0 Å². The van der Waals surface area contributed by atoms with Crippen LogP contribution in [-0.4, -0.2) is 70.3 Å². The van der Waals surface area contributed by atoms with Gasteiger partial charge in [-0.1, -0.05) is 75.2 Å². The van der Waals surface area contributed by atoms with Gasteiger partial charge < -0.3 is 19.7 Å². The Bertz CT molecular complexity index is 1210. The fourth-order valence-corrected chi connectivity index (χ4v) is 6.08. The second-order valence-corrected chi connectivity index (χ2v) is 10.6. The average Bonchev–Trinajstić information content (AvgIpc) is 3.30. The first-order valence-corrected chi connectivity index (χ1v) is 14.1. The van der Waals surface area contributed by atoms with E-state index in [-0.39, 0.29) is 24.4 Å². The van der Waals surface area contributed by atoms with Crippen molar-refractivity contribution in [3.8, 4) is 0 Å². The highest BCUT2D eigenvalue weighted by molar-refractivity contribution is 5.97. The van der Waals surface area contributed by atoms with E-state index in [1.54, 1.807) is 0 Å². The third-order valence-electron chi connectivity index (χ3n) is 8.02. The molecule has 1 saturated heterocycles. The summed E-state index contributed by atoms with van der Waals surface area (Å²) in [5.41, 5.74) is 4.31. The maximum absolute atomic E-state index is 13.9. The number of para-hydroxylation sites is 1.